The zero-order valence-corrected chi connectivity index (χ0v) is 13.5. The van der Waals surface area contributed by atoms with Gasteiger partial charge in [-0.15, -0.1) is 11.3 Å². The summed E-state index contributed by atoms with van der Waals surface area (Å²) in [4.78, 5) is 1.09. The lowest BCUT2D eigenvalue weighted by Gasteiger charge is -2.17. The predicted molar refractivity (Wildman–Crippen MR) is 83.6 cm³/mol. The number of benzene rings is 1. The molecule has 0 fully saturated rings. The van der Waals surface area contributed by atoms with E-state index in [1.165, 1.54) is 27.8 Å². The minimum Gasteiger partial charge on any atom is -0.398 e. The summed E-state index contributed by atoms with van der Waals surface area (Å²) in [5, 5.41) is 2.27. The first-order chi connectivity index (χ1) is 9.32. The van der Waals surface area contributed by atoms with Gasteiger partial charge in [0.25, 0.3) is 0 Å². The highest BCUT2D eigenvalue weighted by atomic mass is 35.5. The molecule has 4 nitrogen and oxygen atoms in total. The summed E-state index contributed by atoms with van der Waals surface area (Å²) in [6.45, 7) is 2.08. The normalized spacial score (nSPS) is 12.0. The molecule has 7 heteroatoms. The molecule has 2 rings (SSSR count). The first kappa shape index (κ1) is 15.3. The third-order valence-electron chi connectivity index (χ3n) is 3.02. The second-order valence-corrected chi connectivity index (χ2v) is 7.94. The van der Waals surface area contributed by atoms with Crippen molar-refractivity contribution in [2.75, 3.05) is 12.8 Å². The number of nitrogens with zero attached hydrogens (tertiary/aromatic N) is 1. The molecule has 1 aromatic heterocycles. The number of nitrogen functional groups attached to an aromatic ring is 1. The molecule has 0 unspecified atom stereocenters. The largest absolute Gasteiger partial charge is 0.398 e. The van der Waals surface area contributed by atoms with Gasteiger partial charge in [-0.3, -0.25) is 0 Å². The maximum Gasteiger partial charge on any atom is 0.243 e. The number of rotatable bonds is 4. The SMILES string of the molecule is Cc1c(N)cc(S(=O)(=O)N(C)Cc2cccs2)cc1Cl. The van der Waals surface area contributed by atoms with E-state index < -0.39 is 10.0 Å². The molecule has 1 heterocycles. The molecule has 108 valence electrons. The Morgan fingerprint density at radius 1 is 1.40 bits per heavy atom. The summed E-state index contributed by atoms with van der Waals surface area (Å²) < 4.78 is 26.3. The molecule has 0 aliphatic rings. The second kappa shape index (κ2) is 5.73. The molecular formula is C13H15ClN2O2S2. The van der Waals surface area contributed by atoms with Crippen LogP contribution in [0.25, 0.3) is 0 Å². The Morgan fingerprint density at radius 3 is 2.65 bits per heavy atom. The Balaban J connectivity index is 2.35. The van der Waals surface area contributed by atoms with Crippen LogP contribution in [-0.2, 0) is 16.6 Å². The fourth-order valence-electron chi connectivity index (χ4n) is 1.71. The highest BCUT2D eigenvalue weighted by molar-refractivity contribution is 7.89. The Bertz CT molecular complexity index is 689. The highest BCUT2D eigenvalue weighted by Crippen LogP contribution is 2.28. The maximum absolute atomic E-state index is 12.5. The van der Waals surface area contributed by atoms with E-state index in [0.717, 1.165) is 4.88 Å². The molecule has 0 saturated carbocycles. The van der Waals surface area contributed by atoms with Crippen LogP contribution in [0.4, 0.5) is 5.69 Å². The monoisotopic (exact) mass is 330 g/mol. The average Bonchev–Trinajstić information content (AvgIpc) is 2.88. The molecule has 1 aromatic carbocycles. The standard InChI is InChI=1S/C13H15ClN2O2S2/c1-9-12(14)6-11(7-13(9)15)20(17,18)16(2)8-10-4-3-5-19-10/h3-7H,8,15H2,1-2H3. The quantitative estimate of drug-likeness (QED) is 0.876. The van der Waals surface area contributed by atoms with Crippen molar-refractivity contribution in [3.63, 3.8) is 0 Å². The fourth-order valence-corrected chi connectivity index (χ4v) is 4.05. The molecule has 0 saturated heterocycles. The minimum absolute atomic E-state index is 0.115. The lowest BCUT2D eigenvalue weighted by Crippen LogP contribution is -2.26. The van der Waals surface area contributed by atoms with Gasteiger partial charge in [0, 0.05) is 29.2 Å². The van der Waals surface area contributed by atoms with E-state index in [1.54, 1.807) is 14.0 Å². The number of hydrogen-bond donors (Lipinski definition) is 1. The molecule has 20 heavy (non-hydrogen) atoms. The van der Waals surface area contributed by atoms with E-state index in [-0.39, 0.29) is 4.90 Å². The van der Waals surface area contributed by atoms with Crippen LogP contribution in [0.3, 0.4) is 0 Å². The van der Waals surface area contributed by atoms with E-state index in [0.29, 0.717) is 22.8 Å². The Morgan fingerprint density at radius 2 is 2.10 bits per heavy atom. The van der Waals surface area contributed by atoms with Crippen LogP contribution in [0.1, 0.15) is 10.4 Å². The molecule has 0 spiro atoms. The van der Waals surface area contributed by atoms with Crippen LogP contribution >= 0.6 is 22.9 Å². The van der Waals surface area contributed by atoms with Crippen LogP contribution in [0.5, 0.6) is 0 Å². The molecule has 0 aliphatic carbocycles. The van der Waals surface area contributed by atoms with E-state index in [4.69, 9.17) is 17.3 Å². The zero-order chi connectivity index (χ0) is 14.9. The first-order valence-electron chi connectivity index (χ1n) is 5.86. The van der Waals surface area contributed by atoms with Gasteiger partial charge < -0.3 is 5.73 Å². The van der Waals surface area contributed by atoms with Gasteiger partial charge in [-0.05, 0) is 36.1 Å². The van der Waals surface area contributed by atoms with Gasteiger partial charge in [0.15, 0.2) is 0 Å². The summed E-state index contributed by atoms with van der Waals surface area (Å²) in [5.41, 5.74) is 6.85. The summed E-state index contributed by atoms with van der Waals surface area (Å²) in [5.74, 6) is 0. The lowest BCUT2D eigenvalue weighted by atomic mass is 10.2. The van der Waals surface area contributed by atoms with Gasteiger partial charge in [-0.2, -0.15) is 4.31 Å². The van der Waals surface area contributed by atoms with Crippen LogP contribution in [0.2, 0.25) is 5.02 Å². The number of anilines is 1. The van der Waals surface area contributed by atoms with E-state index in [2.05, 4.69) is 0 Å². The van der Waals surface area contributed by atoms with Crippen LogP contribution < -0.4 is 5.73 Å². The number of sulfonamides is 1. The Labute approximate surface area is 127 Å². The van der Waals surface area contributed by atoms with Gasteiger partial charge >= 0.3 is 0 Å². The maximum atomic E-state index is 12.5. The van der Waals surface area contributed by atoms with Crippen molar-refractivity contribution in [2.24, 2.45) is 0 Å². The molecule has 0 aliphatic heterocycles. The van der Waals surface area contributed by atoms with Crippen LogP contribution in [0, 0.1) is 6.92 Å². The average molecular weight is 331 g/mol. The fraction of sp³-hybridized carbons (Fsp3) is 0.231. The highest BCUT2D eigenvalue weighted by Gasteiger charge is 2.22. The molecule has 0 atom stereocenters. The van der Waals surface area contributed by atoms with Crippen molar-refractivity contribution in [1.29, 1.82) is 0 Å². The van der Waals surface area contributed by atoms with Gasteiger partial charge in [-0.25, -0.2) is 8.42 Å². The van der Waals surface area contributed by atoms with Crippen molar-refractivity contribution in [3.05, 3.63) is 45.1 Å². The van der Waals surface area contributed by atoms with E-state index in [1.807, 2.05) is 17.5 Å². The van der Waals surface area contributed by atoms with Gasteiger partial charge in [0.2, 0.25) is 10.0 Å². The number of nitrogens with two attached hydrogens (primary N) is 1. The minimum atomic E-state index is -3.60. The molecule has 2 aromatic rings. The molecule has 0 amide bonds. The third-order valence-corrected chi connectivity index (χ3v) is 6.06. The van der Waals surface area contributed by atoms with Crippen molar-refractivity contribution in [2.45, 2.75) is 18.4 Å². The second-order valence-electron chi connectivity index (χ2n) is 4.46. The van der Waals surface area contributed by atoms with Crippen molar-refractivity contribution in [1.82, 2.24) is 4.31 Å². The lowest BCUT2D eigenvalue weighted by molar-refractivity contribution is 0.469. The Hall–Kier alpha value is -1.08. The summed E-state index contributed by atoms with van der Waals surface area (Å²) in [6, 6.07) is 6.67. The number of hydrogen-bond acceptors (Lipinski definition) is 4. The summed E-state index contributed by atoms with van der Waals surface area (Å²) >= 11 is 7.53. The summed E-state index contributed by atoms with van der Waals surface area (Å²) in [6.07, 6.45) is 0. The van der Waals surface area contributed by atoms with Crippen LogP contribution in [-0.4, -0.2) is 19.8 Å². The number of halogens is 1. The first-order valence-corrected chi connectivity index (χ1v) is 8.56. The smallest absolute Gasteiger partial charge is 0.243 e. The molecular weight excluding hydrogens is 316 g/mol. The third kappa shape index (κ3) is 2.98. The van der Waals surface area contributed by atoms with Gasteiger partial charge in [-0.1, -0.05) is 17.7 Å². The van der Waals surface area contributed by atoms with Gasteiger partial charge in [0.1, 0.15) is 0 Å². The van der Waals surface area contributed by atoms with E-state index >= 15 is 0 Å². The van der Waals surface area contributed by atoms with Crippen molar-refractivity contribution in [3.8, 4) is 0 Å². The predicted octanol–water partition coefficient (Wildman–Crippen LogP) is 3.11. The van der Waals surface area contributed by atoms with Crippen molar-refractivity contribution < 1.29 is 8.42 Å². The summed E-state index contributed by atoms with van der Waals surface area (Å²) in [7, 11) is -2.06. The van der Waals surface area contributed by atoms with Crippen molar-refractivity contribution >= 4 is 38.6 Å². The number of thiophene rings is 1. The Kier molecular flexibility index (Phi) is 4.39. The zero-order valence-electron chi connectivity index (χ0n) is 11.1. The van der Waals surface area contributed by atoms with E-state index in [9.17, 15) is 8.42 Å². The molecule has 0 radical (unpaired) electrons. The molecule has 0 bridgehead atoms. The molecule has 2 N–H and O–H groups in total. The van der Waals surface area contributed by atoms with Gasteiger partial charge in [0.05, 0.1) is 4.90 Å². The van der Waals surface area contributed by atoms with Crippen LogP contribution in [0.15, 0.2) is 34.5 Å². The topological polar surface area (TPSA) is 63.4 Å².